The van der Waals surface area contributed by atoms with E-state index in [1.54, 1.807) is 0 Å². The third-order valence-corrected chi connectivity index (χ3v) is 3.88. The van der Waals surface area contributed by atoms with Crippen molar-refractivity contribution in [2.75, 3.05) is 13.2 Å². The maximum atomic E-state index is 6.07. The topological polar surface area (TPSA) is 49.3 Å². The molecule has 0 unspecified atom stereocenters. The Morgan fingerprint density at radius 2 is 2.32 bits per heavy atom. The van der Waals surface area contributed by atoms with Gasteiger partial charge in [-0.2, -0.15) is 0 Å². The van der Waals surface area contributed by atoms with Gasteiger partial charge in [-0.25, -0.2) is 0 Å². The minimum absolute atomic E-state index is 0.118. The molecular formula is C14H15NO4. The van der Waals surface area contributed by atoms with Crippen LogP contribution in [-0.4, -0.2) is 36.9 Å². The molecule has 19 heavy (non-hydrogen) atoms. The zero-order valence-corrected chi connectivity index (χ0v) is 10.7. The number of ether oxygens (including phenoxy) is 3. The second-order valence-corrected chi connectivity index (χ2v) is 4.95. The van der Waals surface area contributed by atoms with E-state index in [1.165, 1.54) is 0 Å². The molecule has 0 amide bonds. The summed E-state index contributed by atoms with van der Waals surface area (Å²) in [5.41, 5.74) is 1.18. The van der Waals surface area contributed by atoms with Gasteiger partial charge in [-0.3, -0.25) is 0 Å². The zero-order valence-electron chi connectivity index (χ0n) is 10.7. The first-order chi connectivity index (χ1) is 9.33. The summed E-state index contributed by atoms with van der Waals surface area (Å²) in [6.07, 6.45) is 0.327. The molecule has 1 spiro atoms. The average molecular weight is 261 g/mol. The van der Waals surface area contributed by atoms with Crippen molar-refractivity contribution in [3.63, 3.8) is 0 Å². The molecule has 5 nitrogen and oxygen atoms in total. The van der Waals surface area contributed by atoms with E-state index in [2.05, 4.69) is 5.16 Å². The van der Waals surface area contributed by atoms with Crippen LogP contribution in [0.3, 0.4) is 0 Å². The van der Waals surface area contributed by atoms with Gasteiger partial charge in [0, 0.05) is 18.6 Å². The number of oxime groups is 1. The van der Waals surface area contributed by atoms with Crippen LogP contribution >= 0.6 is 0 Å². The standard InChI is InChI=1S/C14H15NO4/c1-2-16-12-7-11-14(18-12)8-17-10-6-4-3-5-9(10)13(14)15-19-11/h3-6,11-12H,2,7-8H2,1H3/t11-,12-,14-/m0/s1. The van der Waals surface area contributed by atoms with Crippen molar-refractivity contribution in [2.45, 2.75) is 31.3 Å². The highest BCUT2D eigenvalue weighted by atomic mass is 16.7. The molecule has 1 saturated heterocycles. The van der Waals surface area contributed by atoms with Crippen molar-refractivity contribution >= 4 is 5.71 Å². The molecule has 1 fully saturated rings. The van der Waals surface area contributed by atoms with Crippen LogP contribution in [0.15, 0.2) is 29.4 Å². The molecule has 3 aliphatic rings. The first-order valence-corrected chi connectivity index (χ1v) is 6.59. The lowest BCUT2D eigenvalue weighted by molar-refractivity contribution is -0.157. The molecule has 0 bridgehead atoms. The quantitative estimate of drug-likeness (QED) is 0.813. The minimum Gasteiger partial charge on any atom is -0.489 e. The SMILES string of the molecule is CCO[C@@H]1C[C@@H]2ON=C3c4ccccc4OC[C@@]32O1. The summed E-state index contributed by atoms with van der Waals surface area (Å²) in [5.74, 6) is 0.833. The molecule has 4 rings (SSSR count). The van der Waals surface area contributed by atoms with E-state index in [1.807, 2.05) is 31.2 Å². The fraction of sp³-hybridized carbons (Fsp3) is 0.500. The summed E-state index contributed by atoms with van der Waals surface area (Å²) < 4.78 is 17.5. The van der Waals surface area contributed by atoms with Crippen LogP contribution in [-0.2, 0) is 14.3 Å². The highest BCUT2D eigenvalue weighted by molar-refractivity contribution is 6.10. The Bertz CT molecular complexity index is 544. The van der Waals surface area contributed by atoms with Crippen LogP contribution in [0, 0.1) is 0 Å². The Morgan fingerprint density at radius 1 is 1.42 bits per heavy atom. The van der Waals surface area contributed by atoms with E-state index in [-0.39, 0.29) is 12.4 Å². The molecule has 3 aliphatic heterocycles. The molecule has 0 radical (unpaired) electrons. The number of benzene rings is 1. The van der Waals surface area contributed by atoms with Gasteiger partial charge in [-0.1, -0.05) is 17.3 Å². The van der Waals surface area contributed by atoms with Crippen LogP contribution in [0.1, 0.15) is 18.9 Å². The lowest BCUT2D eigenvalue weighted by Gasteiger charge is -2.32. The Hall–Kier alpha value is -1.59. The van der Waals surface area contributed by atoms with Crippen molar-refractivity contribution in [3.05, 3.63) is 29.8 Å². The molecule has 0 aliphatic carbocycles. The van der Waals surface area contributed by atoms with Crippen LogP contribution < -0.4 is 4.74 Å². The maximum absolute atomic E-state index is 6.07. The van der Waals surface area contributed by atoms with E-state index < -0.39 is 5.60 Å². The second kappa shape index (κ2) is 3.95. The smallest absolute Gasteiger partial charge is 0.190 e. The van der Waals surface area contributed by atoms with Crippen LogP contribution in [0.2, 0.25) is 0 Å². The average Bonchev–Trinajstić information content (AvgIpc) is 2.93. The molecule has 3 heterocycles. The van der Waals surface area contributed by atoms with Gasteiger partial charge in [-0.15, -0.1) is 0 Å². The fourth-order valence-electron chi connectivity index (χ4n) is 2.99. The molecule has 0 aromatic heterocycles. The van der Waals surface area contributed by atoms with Crippen LogP contribution in [0.25, 0.3) is 0 Å². The third kappa shape index (κ3) is 1.45. The highest BCUT2D eigenvalue weighted by Gasteiger charge is 2.61. The molecule has 3 atom stereocenters. The minimum atomic E-state index is -0.603. The summed E-state index contributed by atoms with van der Waals surface area (Å²) in [6, 6.07) is 7.83. The molecular weight excluding hydrogens is 246 g/mol. The van der Waals surface area contributed by atoms with E-state index in [4.69, 9.17) is 19.0 Å². The molecule has 100 valence electrons. The van der Waals surface area contributed by atoms with Gasteiger partial charge in [0.25, 0.3) is 0 Å². The number of rotatable bonds is 2. The molecule has 0 saturated carbocycles. The summed E-state index contributed by atoms with van der Waals surface area (Å²) >= 11 is 0. The van der Waals surface area contributed by atoms with Gasteiger partial charge in [-0.05, 0) is 19.1 Å². The monoisotopic (exact) mass is 261 g/mol. The highest BCUT2D eigenvalue weighted by Crippen LogP contribution is 2.45. The lowest BCUT2D eigenvalue weighted by atomic mass is 9.86. The number of para-hydroxylation sites is 1. The van der Waals surface area contributed by atoms with E-state index in [0.717, 1.165) is 17.0 Å². The Kier molecular flexibility index (Phi) is 2.34. The summed E-state index contributed by atoms with van der Waals surface area (Å²) in [6.45, 7) is 3.01. The van der Waals surface area contributed by atoms with Gasteiger partial charge < -0.3 is 19.0 Å². The van der Waals surface area contributed by atoms with Crippen LogP contribution in [0.5, 0.6) is 5.75 Å². The van der Waals surface area contributed by atoms with Gasteiger partial charge in [0.15, 0.2) is 18.0 Å². The third-order valence-electron chi connectivity index (χ3n) is 3.88. The Balaban J connectivity index is 1.73. The van der Waals surface area contributed by atoms with E-state index >= 15 is 0 Å². The van der Waals surface area contributed by atoms with Crippen molar-refractivity contribution in [2.24, 2.45) is 5.16 Å². The number of fused-ring (bicyclic) bond motifs is 2. The van der Waals surface area contributed by atoms with Crippen LogP contribution in [0.4, 0.5) is 0 Å². The number of hydrogen-bond acceptors (Lipinski definition) is 5. The first-order valence-electron chi connectivity index (χ1n) is 6.59. The molecule has 5 heteroatoms. The second-order valence-electron chi connectivity index (χ2n) is 4.95. The van der Waals surface area contributed by atoms with Crippen molar-refractivity contribution in [3.8, 4) is 5.75 Å². The lowest BCUT2D eigenvalue weighted by Crippen LogP contribution is -2.52. The summed E-state index contributed by atoms with van der Waals surface area (Å²) in [5, 5.41) is 4.22. The molecule has 1 aromatic rings. The number of hydrogen-bond donors (Lipinski definition) is 0. The van der Waals surface area contributed by atoms with Gasteiger partial charge >= 0.3 is 0 Å². The first kappa shape index (κ1) is 11.3. The zero-order chi connectivity index (χ0) is 12.9. The van der Waals surface area contributed by atoms with E-state index in [0.29, 0.717) is 19.6 Å². The Labute approximate surface area is 111 Å². The van der Waals surface area contributed by atoms with Gasteiger partial charge in [0.2, 0.25) is 0 Å². The number of nitrogens with zero attached hydrogens (tertiary/aromatic N) is 1. The van der Waals surface area contributed by atoms with Gasteiger partial charge in [0.05, 0.1) is 0 Å². The summed E-state index contributed by atoms with van der Waals surface area (Å²) in [4.78, 5) is 5.55. The maximum Gasteiger partial charge on any atom is 0.190 e. The largest absolute Gasteiger partial charge is 0.489 e. The van der Waals surface area contributed by atoms with Crippen molar-refractivity contribution in [1.29, 1.82) is 0 Å². The van der Waals surface area contributed by atoms with E-state index in [9.17, 15) is 0 Å². The predicted molar refractivity (Wildman–Crippen MR) is 67.2 cm³/mol. The van der Waals surface area contributed by atoms with Gasteiger partial charge in [0.1, 0.15) is 18.1 Å². The predicted octanol–water partition coefficient (Wildman–Crippen LogP) is 1.70. The normalized spacial score (nSPS) is 34.7. The van der Waals surface area contributed by atoms with Crippen molar-refractivity contribution < 1.29 is 19.0 Å². The van der Waals surface area contributed by atoms with Crippen molar-refractivity contribution in [1.82, 2.24) is 0 Å². The molecule has 0 N–H and O–H groups in total. The molecule has 1 aromatic carbocycles. The summed E-state index contributed by atoms with van der Waals surface area (Å²) in [7, 11) is 0. The fourth-order valence-corrected chi connectivity index (χ4v) is 2.99. The Morgan fingerprint density at radius 3 is 3.21 bits per heavy atom.